The minimum atomic E-state index is -0.365. The fourth-order valence-electron chi connectivity index (χ4n) is 2.36. The van der Waals surface area contributed by atoms with Crippen LogP contribution in [0.1, 0.15) is 21.6 Å². The molecule has 0 radical (unpaired) electrons. The van der Waals surface area contributed by atoms with E-state index in [1.165, 1.54) is 12.1 Å². The number of benzene rings is 2. The smallest absolute Gasteiger partial charge is 0.256 e. The molecule has 2 aromatic carbocycles. The lowest BCUT2D eigenvalue weighted by Gasteiger charge is -2.09. The molecule has 1 amide bonds. The molecule has 110 valence electrons. The fraction of sp³-hybridized carbons (Fsp3) is 0.111. The van der Waals surface area contributed by atoms with Crippen LogP contribution >= 0.6 is 0 Å². The summed E-state index contributed by atoms with van der Waals surface area (Å²) in [6.45, 7) is 3.77. The van der Waals surface area contributed by atoms with Crippen molar-refractivity contribution in [3.63, 3.8) is 0 Å². The van der Waals surface area contributed by atoms with E-state index in [9.17, 15) is 9.18 Å². The Morgan fingerprint density at radius 3 is 2.50 bits per heavy atom. The monoisotopic (exact) mass is 294 g/mol. The van der Waals surface area contributed by atoms with E-state index in [4.69, 9.17) is 0 Å². The van der Waals surface area contributed by atoms with Crippen LogP contribution in [0.15, 0.2) is 48.5 Å². The van der Waals surface area contributed by atoms with Gasteiger partial charge in [0, 0.05) is 22.8 Å². The van der Waals surface area contributed by atoms with Gasteiger partial charge in [0.05, 0.1) is 11.1 Å². The molecule has 0 fully saturated rings. The molecule has 0 bridgehead atoms. The van der Waals surface area contributed by atoms with Gasteiger partial charge in [0.25, 0.3) is 5.91 Å². The second kappa shape index (κ2) is 5.56. The molecular formula is C18H15FN2O. The Labute approximate surface area is 127 Å². The van der Waals surface area contributed by atoms with Crippen molar-refractivity contribution in [1.82, 2.24) is 4.98 Å². The minimum Gasteiger partial charge on any atom is -0.322 e. The lowest BCUT2D eigenvalue weighted by Crippen LogP contribution is -2.13. The first-order valence-electron chi connectivity index (χ1n) is 6.98. The number of carbonyl (C=O) groups excluding carboxylic acids is 1. The molecule has 0 saturated carbocycles. The molecule has 1 aromatic heterocycles. The van der Waals surface area contributed by atoms with Gasteiger partial charge in [-0.2, -0.15) is 0 Å². The maximum atomic E-state index is 13.3. The Morgan fingerprint density at radius 2 is 1.77 bits per heavy atom. The highest BCUT2D eigenvalue weighted by atomic mass is 19.1. The highest BCUT2D eigenvalue weighted by Crippen LogP contribution is 2.21. The minimum absolute atomic E-state index is 0.231. The maximum absolute atomic E-state index is 13.3. The van der Waals surface area contributed by atoms with Gasteiger partial charge >= 0.3 is 0 Å². The number of hydrogen-bond acceptors (Lipinski definition) is 2. The van der Waals surface area contributed by atoms with Crippen LogP contribution in [-0.4, -0.2) is 10.9 Å². The number of aryl methyl sites for hydroxylation is 2. The molecule has 0 aliphatic carbocycles. The van der Waals surface area contributed by atoms with Crippen molar-refractivity contribution in [3.05, 3.63) is 71.2 Å². The Kier molecular flexibility index (Phi) is 3.59. The number of fused-ring (bicyclic) bond motifs is 1. The van der Waals surface area contributed by atoms with Crippen LogP contribution in [0, 0.1) is 19.7 Å². The highest BCUT2D eigenvalue weighted by Gasteiger charge is 2.13. The van der Waals surface area contributed by atoms with E-state index in [0.717, 1.165) is 11.3 Å². The molecule has 0 unspecified atom stereocenters. The van der Waals surface area contributed by atoms with Gasteiger partial charge in [0.15, 0.2) is 0 Å². The fourth-order valence-corrected chi connectivity index (χ4v) is 2.36. The summed E-state index contributed by atoms with van der Waals surface area (Å²) in [4.78, 5) is 16.8. The topological polar surface area (TPSA) is 42.0 Å². The number of aromatic nitrogens is 1. The van der Waals surface area contributed by atoms with Crippen LogP contribution in [0.3, 0.4) is 0 Å². The van der Waals surface area contributed by atoms with E-state index in [1.807, 2.05) is 31.2 Å². The van der Waals surface area contributed by atoms with Crippen molar-refractivity contribution in [2.75, 3.05) is 5.32 Å². The van der Waals surface area contributed by atoms with Gasteiger partial charge < -0.3 is 5.32 Å². The van der Waals surface area contributed by atoms with Crippen molar-refractivity contribution in [2.24, 2.45) is 0 Å². The lowest BCUT2D eigenvalue weighted by atomic mass is 10.1. The first kappa shape index (κ1) is 14.2. The van der Waals surface area contributed by atoms with Gasteiger partial charge in [-0.15, -0.1) is 0 Å². The van der Waals surface area contributed by atoms with E-state index in [-0.39, 0.29) is 11.7 Å². The maximum Gasteiger partial charge on any atom is 0.256 e. The second-order valence-corrected chi connectivity index (χ2v) is 5.29. The third kappa shape index (κ3) is 2.81. The van der Waals surface area contributed by atoms with Crippen molar-refractivity contribution in [1.29, 1.82) is 0 Å². The number of nitrogens with one attached hydrogen (secondary N) is 1. The van der Waals surface area contributed by atoms with E-state index in [2.05, 4.69) is 10.3 Å². The highest BCUT2D eigenvalue weighted by molar-refractivity contribution is 6.12. The van der Waals surface area contributed by atoms with Gasteiger partial charge in [0.2, 0.25) is 0 Å². The Balaban J connectivity index is 2.01. The summed E-state index contributed by atoms with van der Waals surface area (Å²) >= 11 is 0. The third-order valence-corrected chi connectivity index (χ3v) is 3.45. The van der Waals surface area contributed by atoms with Crippen LogP contribution in [0.2, 0.25) is 0 Å². The molecule has 0 spiro atoms. The standard InChI is InChI=1S/C18H15FN2O/c1-11-3-6-14(7-4-11)21-18(22)16-9-12(2)20-17-10-13(19)5-8-15(16)17/h3-10H,1-2H3,(H,21,22). The first-order valence-corrected chi connectivity index (χ1v) is 6.98. The van der Waals surface area contributed by atoms with Gasteiger partial charge in [-0.1, -0.05) is 17.7 Å². The number of carbonyl (C=O) groups is 1. The average Bonchev–Trinajstić information content (AvgIpc) is 2.48. The van der Waals surface area contributed by atoms with Gasteiger partial charge in [-0.05, 0) is 44.2 Å². The molecular weight excluding hydrogens is 279 g/mol. The van der Waals surface area contributed by atoms with E-state index < -0.39 is 0 Å². The first-order chi connectivity index (χ1) is 10.5. The van der Waals surface area contributed by atoms with E-state index in [0.29, 0.717) is 22.2 Å². The zero-order valence-corrected chi connectivity index (χ0v) is 12.4. The predicted molar refractivity (Wildman–Crippen MR) is 85.6 cm³/mol. The SMILES string of the molecule is Cc1ccc(NC(=O)c2cc(C)nc3cc(F)ccc23)cc1. The molecule has 3 rings (SSSR count). The predicted octanol–water partition coefficient (Wildman–Crippen LogP) is 4.24. The van der Waals surface area contributed by atoms with Crippen molar-refractivity contribution >= 4 is 22.5 Å². The molecule has 3 nitrogen and oxygen atoms in total. The zero-order chi connectivity index (χ0) is 15.7. The molecule has 0 atom stereocenters. The van der Waals surface area contributed by atoms with Crippen LogP contribution < -0.4 is 5.32 Å². The molecule has 1 N–H and O–H groups in total. The van der Waals surface area contributed by atoms with Crippen molar-refractivity contribution in [2.45, 2.75) is 13.8 Å². The Morgan fingerprint density at radius 1 is 1.05 bits per heavy atom. The average molecular weight is 294 g/mol. The zero-order valence-electron chi connectivity index (χ0n) is 12.4. The molecule has 22 heavy (non-hydrogen) atoms. The Hall–Kier alpha value is -2.75. The van der Waals surface area contributed by atoms with Gasteiger partial charge in [-0.25, -0.2) is 4.39 Å². The second-order valence-electron chi connectivity index (χ2n) is 5.29. The van der Waals surface area contributed by atoms with Crippen LogP contribution in [0.25, 0.3) is 10.9 Å². The quantitative estimate of drug-likeness (QED) is 0.768. The van der Waals surface area contributed by atoms with E-state index in [1.54, 1.807) is 19.1 Å². The Bertz CT molecular complexity index is 852. The number of hydrogen-bond donors (Lipinski definition) is 1. The summed E-state index contributed by atoms with van der Waals surface area (Å²) in [7, 11) is 0. The molecule has 0 aliphatic rings. The number of nitrogens with zero attached hydrogens (tertiary/aromatic N) is 1. The van der Waals surface area contributed by atoms with E-state index >= 15 is 0 Å². The summed E-state index contributed by atoms with van der Waals surface area (Å²) in [6, 6.07) is 13.5. The molecule has 3 aromatic rings. The summed E-state index contributed by atoms with van der Waals surface area (Å²) in [5, 5.41) is 3.49. The van der Waals surface area contributed by atoms with Gasteiger partial charge in [-0.3, -0.25) is 9.78 Å². The van der Waals surface area contributed by atoms with Gasteiger partial charge in [0.1, 0.15) is 5.82 Å². The number of amides is 1. The number of halogens is 1. The number of anilines is 1. The summed E-state index contributed by atoms with van der Waals surface area (Å²) in [5.74, 6) is -0.596. The van der Waals surface area contributed by atoms with Crippen LogP contribution in [-0.2, 0) is 0 Å². The lowest BCUT2D eigenvalue weighted by molar-refractivity contribution is 0.102. The summed E-state index contributed by atoms with van der Waals surface area (Å²) in [5.41, 5.74) is 3.49. The summed E-state index contributed by atoms with van der Waals surface area (Å²) in [6.07, 6.45) is 0. The molecule has 1 heterocycles. The number of pyridine rings is 1. The number of rotatable bonds is 2. The largest absolute Gasteiger partial charge is 0.322 e. The normalized spacial score (nSPS) is 10.7. The third-order valence-electron chi connectivity index (χ3n) is 3.45. The molecule has 0 aliphatic heterocycles. The van der Waals surface area contributed by atoms with Crippen molar-refractivity contribution < 1.29 is 9.18 Å². The summed E-state index contributed by atoms with van der Waals surface area (Å²) < 4.78 is 13.3. The molecule has 0 saturated heterocycles. The van der Waals surface area contributed by atoms with Crippen LogP contribution in [0.4, 0.5) is 10.1 Å². The molecule has 4 heteroatoms. The van der Waals surface area contributed by atoms with Crippen LogP contribution in [0.5, 0.6) is 0 Å². The van der Waals surface area contributed by atoms with Crippen molar-refractivity contribution in [3.8, 4) is 0 Å².